The Hall–Kier alpha value is -2.41. The van der Waals surface area contributed by atoms with Gasteiger partial charge < -0.3 is 15.3 Å². The number of halogens is 1. The molecule has 0 spiro atoms. The summed E-state index contributed by atoms with van der Waals surface area (Å²) in [5.41, 5.74) is 1.78. The van der Waals surface area contributed by atoms with Crippen molar-refractivity contribution in [2.45, 2.75) is 25.9 Å². The minimum atomic E-state index is -1.15. The van der Waals surface area contributed by atoms with E-state index in [9.17, 15) is 14.3 Å². The van der Waals surface area contributed by atoms with E-state index in [0.717, 1.165) is 11.4 Å². The van der Waals surface area contributed by atoms with Gasteiger partial charge in [0.25, 0.3) is 0 Å². The molecule has 2 N–H and O–H groups in total. The van der Waals surface area contributed by atoms with E-state index in [1.54, 1.807) is 21.7 Å². The SMILES string of the molecule is Cc1nn(C)c(C)c1NC(=O)N1CCC(O)(c2ccc(F)cc2)C1. The molecule has 6 nitrogen and oxygen atoms in total. The molecule has 1 aliphatic heterocycles. The quantitative estimate of drug-likeness (QED) is 0.886. The molecule has 0 saturated carbocycles. The summed E-state index contributed by atoms with van der Waals surface area (Å²) in [5.74, 6) is -0.350. The van der Waals surface area contributed by atoms with E-state index < -0.39 is 5.60 Å². The maximum Gasteiger partial charge on any atom is 0.322 e. The summed E-state index contributed by atoms with van der Waals surface area (Å²) in [4.78, 5) is 14.1. The van der Waals surface area contributed by atoms with Crippen molar-refractivity contribution in [3.63, 3.8) is 0 Å². The number of aliphatic hydroxyl groups is 1. The molecule has 1 saturated heterocycles. The number of urea groups is 1. The summed E-state index contributed by atoms with van der Waals surface area (Å²) in [6.07, 6.45) is 0.414. The number of hydrogen-bond acceptors (Lipinski definition) is 3. The van der Waals surface area contributed by atoms with E-state index in [0.29, 0.717) is 24.2 Å². The predicted molar refractivity (Wildman–Crippen MR) is 88.2 cm³/mol. The van der Waals surface area contributed by atoms with Gasteiger partial charge in [-0.05, 0) is 38.0 Å². The number of aryl methyl sites for hydroxylation is 2. The first-order chi connectivity index (χ1) is 11.3. The Morgan fingerprint density at radius 2 is 2.00 bits per heavy atom. The van der Waals surface area contributed by atoms with E-state index >= 15 is 0 Å². The number of likely N-dealkylation sites (tertiary alicyclic amines) is 1. The first-order valence-electron chi connectivity index (χ1n) is 7.85. The molecule has 1 aromatic carbocycles. The molecule has 0 radical (unpaired) electrons. The van der Waals surface area contributed by atoms with E-state index in [-0.39, 0.29) is 18.4 Å². The van der Waals surface area contributed by atoms with Crippen molar-refractivity contribution >= 4 is 11.7 Å². The van der Waals surface area contributed by atoms with Crippen molar-refractivity contribution in [1.29, 1.82) is 0 Å². The number of β-amino-alcohol motifs (C(OH)–C–C–N with tert-alkyl or cyclic N) is 1. The lowest BCUT2D eigenvalue weighted by atomic mass is 9.93. The number of anilines is 1. The maximum atomic E-state index is 13.1. The average Bonchev–Trinajstić information content (AvgIpc) is 3.05. The second kappa shape index (κ2) is 5.90. The Morgan fingerprint density at radius 1 is 1.33 bits per heavy atom. The van der Waals surface area contributed by atoms with Gasteiger partial charge in [0.15, 0.2) is 0 Å². The molecule has 1 aromatic heterocycles. The summed E-state index contributed by atoms with van der Waals surface area (Å²) in [7, 11) is 1.82. The molecule has 1 fully saturated rings. The van der Waals surface area contributed by atoms with E-state index in [1.165, 1.54) is 12.1 Å². The van der Waals surface area contributed by atoms with Gasteiger partial charge >= 0.3 is 6.03 Å². The molecule has 24 heavy (non-hydrogen) atoms. The first-order valence-corrected chi connectivity index (χ1v) is 7.85. The fourth-order valence-electron chi connectivity index (χ4n) is 3.10. The lowest BCUT2D eigenvalue weighted by Crippen LogP contribution is -2.37. The van der Waals surface area contributed by atoms with Crippen LogP contribution in [0.2, 0.25) is 0 Å². The van der Waals surface area contributed by atoms with E-state index in [1.807, 2.05) is 20.9 Å². The van der Waals surface area contributed by atoms with Crippen molar-refractivity contribution in [3.05, 3.63) is 47.0 Å². The van der Waals surface area contributed by atoms with Crippen molar-refractivity contribution in [2.75, 3.05) is 18.4 Å². The van der Waals surface area contributed by atoms with Crippen LogP contribution < -0.4 is 5.32 Å². The van der Waals surface area contributed by atoms with Gasteiger partial charge in [0.1, 0.15) is 11.4 Å². The Morgan fingerprint density at radius 3 is 2.58 bits per heavy atom. The summed E-state index contributed by atoms with van der Waals surface area (Å²) >= 11 is 0. The minimum absolute atomic E-state index is 0.169. The maximum absolute atomic E-state index is 13.1. The van der Waals surface area contributed by atoms with Crippen LogP contribution in [0.1, 0.15) is 23.4 Å². The van der Waals surface area contributed by atoms with E-state index in [2.05, 4.69) is 10.4 Å². The first kappa shape index (κ1) is 16.4. The third kappa shape index (κ3) is 2.87. The van der Waals surface area contributed by atoms with E-state index in [4.69, 9.17) is 0 Å². The van der Waals surface area contributed by atoms with Gasteiger partial charge in [0.05, 0.1) is 23.6 Å². The van der Waals surface area contributed by atoms with Crippen LogP contribution in [0, 0.1) is 19.7 Å². The zero-order valence-corrected chi connectivity index (χ0v) is 14.0. The van der Waals surface area contributed by atoms with Gasteiger partial charge in [-0.3, -0.25) is 4.68 Å². The van der Waals surface area contributed by atoms with Gasteiger partial charge in [-0.1, -0.05) is 12.1 Å². The molecule has 0 bridgehead atoms. The zero-order valence-electron chi connectivity index (χ0n) is 14.0. The number of rotatable bonds is 2. The highest BCUT2D eigenvalue weighted by atomic mass is 19.1. The van der Waals surface area contributed by atoms with Gasteiger partial charge in [-0.2, -0.15) is 5.10 Å². The number of hydrogen-bond donors (Lipinski definition) is 2. The minimum Gasteiger partial charge on any atom is -0.383 e. The molecular formula is C17H21FN4O2. The van der Waals surface area contributed by atoms with Crippen molar-refractivity contribution in [3.8, 4) is 0 Å². The molecule has 2 amide bonds. The molecule has 1 unspecified atom stereocenters. The highest BCUT2D eigenvalue weighted by Gasteiger charge is 2.39. The van der Waals surface area contributed by atoms with Crippen LogP contribution in [0.5, 0.6) is 0 Å². The summed E-state index contributed by atoms with van der Waals surface area (Å²) in [5, 5.41) is 17.9. The number of nitrogens with zero attached hydrogens (tertiary/aromatic N) is 3. The molecule has 7 heteroatoms. The third-order valence-corrected chi connectivity index (χ3v) is 4.66. The van der Waals surface area contributed by atoms with Gasteiger partial charge in [-0.15, -0.1) is 0 Å². The Labute approximate surface area is 139 Å². The summed E-state index contributed by atoms with van der Waals surface area (Å²) < 4.78 is 14.8. The number of carbonyl (C=O) groups is 1. The number of aromatic nitrogens is 2. The second-order valence-electron chi connectivity index (χ2n) is 6.31. The number of nitrogens with one attached hydrogen (secondary N) is 1. The lowest BCUT2D eigenvalue weighted by molar-refractivity contribution is 0.0500. The topological polar surface area (TPSA) is 70.4 Å². The van der Waals surface area contributed by atoms with Crippen molar-refractivity contribution in [1.82, 2.24) is 14.7 Å². The zero-order chi connectivity index (χ0) is 17.5. The largest absolute Gasteiger partial charge is 0.383 e. The van der Waals surface area contributed by atoms with Crippen LogP contribution in [0.4, 0.5) is 14.9 Å². The van der Waals surface area contributed by atoms with Crippen LogP contribution in [0.15, 0.2) is 24.3 Å². The molecule has 0 aliphatic carbocycles. The molecule has 1 atom stereocenters. The number of carbonyl (C=O) groups excluding carboxylic acids is 1. The normalized spacial score (nSPS) is 20.5. The molecule has 2 heterocycles. The summed E-state index contributed by atoms with van der Waals surface area (Å²) in [6.45, 7) is 4.32. The standard InChI is InChI=1S/C17H21FN4O2/c1-11-15(12(2)21(3)20-11)19-16(23)22-9-8-17(24,10-22)13-4-6-14(18)7-5-13/h4-7,24H,8-10H2,1-3H3,(H,19,23). The number of amides is 2. The van der Waals surface area contributed by atoms with Crippen LogP contribution in [0.3, 0.4) is 0 Å². The van der Waals surface area contributed by atoms with Crippen LogP contribution in [0.25, 0.3) is 0 Å². The van der Waals surface area contributed by atoms with Crippen LogP contribution in [-0.2, 0) is 12.6 Å². The molecule has 3 rings (SSSR count). The van der Waals surface area contributed by atoms with Crippen molar-refractivity contribution < 1.29 is 14.3 Å². The van der Waals surface area contributed by atoms with Crippen molar-refractivity contribution in [2.24, 2.45) is 7.05 Å². The number of benzene rings is 1. The van der Waals surface area contributed by atoms with Crippen LogP contribution in [-0.4, -0.2) is 38.9 Å². The fraction of sp³-hybridized carbons (Fsp3) is 0.412. The lowest BCUT2D eigenvalue weighted by Gasteiger charge is -2.24. The van der Waals surface area contributed by atoms with Gasteiger partial charge in [0, 0.05) is 13.6 Å². The Bertz CT molecular complexity index is 772. The average molecular weight is 332 g/mol. The highest BCUT2D eigenvalue weighted by Crippen LogP contribution is 2.32. The predicted octanol–water partition coefficient (Wildman–Crippen LogP) is 2.30. The smallest absolute Gasteiger partial charge is 0.322 e. The molecule has 2 aromatic rings. The van der Waals surface area contributed by atoms with Gasteiger partial charge in [0.2, 0.25) is 0 Å². The van der Waals surface area contributed by atoms with Gasteiger partial charge in [-0.25, -0.2) is 9.18 Å². The molecule has 128 valence electrons. The molecular weight excluding hydrogens is 311 g/mol. The second-order valence-corrected chi connectivity index (χ2v) is 6.31. The van der Waals surface area contributed by atoms with Crippen LogP contribution >= 0.6 is 0 Å². The summed E-state index contributed by atoms with van der Waals surface area (Å²) in [6, 6.07) is 5.49. The monoisotopic (exact) mass is 332 g/mol. The fourth-order valence-corrected chi connectivity index (χ4v) is 3.10. The third-order valence-electron chi connectivity index (χ3n) is 4.66. The molecule has 1 aliphatic rings. The highest BCUT2D eigenvalue weighted by molar-refractivity contribution is 5.90. The Balaban J connectivity index is 1.73. The Kier molecular flexibility index (Phi) is 4.04.